The van der Waals surface area contributed by atoms with Gasteiger partial charge in [-0.2, -0.15) is 5.10 Å². The second kappa shape index (κ2) is 10.0. The molecule has 0 saturated heterocycles. The molecule has 1 amide bonds. The number of rotatable bonds is 8. The van der Waals surface area contributed by atoms with Crippen LogP contribution in [0.2, 0.25) is 0 Å². The molecule has 1 fully saturated rings. The van der Waals surface area contributed by atoms with Crippen LogP contribution in [0.15, 0.2) is 5.10 Å². The summed E-state index contributed by atoms with van der Waals surface area (Å²) in [6, 6.07) is 0. The molecule has 3 nitrogen and oxygen atoms in total. The van der Waals surface area contributed by atoms with Crippen molar-refractivity contribution in [2.24, 2.45) is 16.4 Å². The summed E-state index contributed by atoms with van der Waals surface area (Å²) in [7, 11) is 0. The van der Waals surface area contributed by atoms with Crippen LogP contribution in [0.25, 0.3) is 0 Å². The molecule has 1 saturated carbocycles. The highest BCUT2D eigenvalue weighted by Crippen LogP contribution is 2.36. The molecule has 0 aliphatic heterocycles. The van der Waals surface area contributed by atoms with E-state index in [1.54, 1.807) is 0 Å². The average molecular weight is 309 g/mol. The molecular weight excluding hydrogens is 272 g/mol. The number of hydrogen-bond acceptors (Lipinski definition) is 2. The first-order valence-electron chi connectivity index (χ1n) is 9.27. The molecule has 1 aliphatic carbocycles. The zero-order chi connectivity index (χ0) is 16.4. The number of hydrazone groups is 1. The van der Waals surface area contributed by atoms with Crippen LogP contribution in [0.4, 0.5) is 0 Å². The van der Waals surface area contributed by atoms with E-state index in [0.29, 0.717) is 11.8 Å². The van der Waals surface area contributed by atoms with Crippen molar-refractivity contribution in [3.05, 3.63) is 0 Å². The van der Waals surface area contributed by atoms with Gasteiger partial charge in [0, 0.05) is 12.1 Å². The predicted molar refractivity (Wildman–Crippen MR) is 95.0 cm³/mol. The fourth-order valence-corrected chi connectivity index (χ4v) is 3.19. The van der Waals surface area contributed by atoms with Crippen LogP contribution in [-0.2, 0) is 4.79 Å². The highest BCUT2D eigenvalue weighted by Gasteiger charge is 2.28. The molecule has 1 aliphatic rings. The molecule has 0 spiro atoms. The third-order valence-corrected chi connectivity index (χ3v) is 4.88. The highest BCUT2D eigenvalue weighted by molar-refractivity contribution is 5.86. The van der Waals surface area contributed by atoms with Crippen molar-refractivity contribution >= 4 is 11.6 Å². The van der Waals surface area contributed by atoms with Crippen LogP contribution in [0.3, 0.4) is 0 Å². The van der Waals surface area contributed by atoms with Crippen LogP contribution in [0.1, 0.15) is 98.3 Å². The van der Waals surface area contributed by atoms with Gasteiger partial charge in [-0.15, -0.1) is 0 Å². The van der Waals surface area contributed by atoms with Gasteiger partial charge in [-0.05, 0) is 43.4 Å². The zero-order valence-electron chi connectivity index (χ0n) is 15.2. The zero-order valence-corrected chi connectivity index (χ0v) is 15.2. The van der Waals surface area contributed by atoms with E-state index in [1.807, 2.05) is 0 Å². The van der Waals surface area contributed by atoms with Crippen molar-refractivity contribution in [1.29, 1.82) is 0 Å². The van der Waals surface area contributed by atoms with Gasteiger partial charge >= 0.3 is 0 Å². The lowest BCUT2D eigenvalue weighted by Crippen LogP contribution is -2.27. The Kier molecular flexibility index (Phi) is 8.74. The first-order valence-corrected chi connectivity index (χ1v) is 9.27. The number of carbonyl (C=O) groups excluding carboxylic acids is 1. The molecule has 0 atom stereocenters. The molecule has 0 aromatic carbocycles. The van der Waals surface area contributed by atoms with Crippen LogP contribution < -0.4 is 5.43 Å². The quantitative estimate of drug-likeness (QED) is 0.470. The van der Waals surface area contributed by atoms with Gasteiger partial charge in [0.15, 0.2) is 0 Å². The van der Waals surface area contributed by atoms with Gasteiger partial charge in [0.05, 0.1) is 0 Å². The van der Waals surface area contributed by atoms with E-state index in [1.165, 1.54) is 44.2 Å². The largest absolute Gasteiger partial charge is 0.273 e. The Morgan fingerprint density at radius 3 is 2.27 bits per heavy atom. The molecular formula is C19H36N2O. The minimum absolute atomic E-state index is 0.0842. The van der Waals surface area contributed by atoms with Crippen molar-refractivity contribution in [1.82, 2.24) is 5.43 Å². The standard InChI is InChI=1S/C19H36N2O/c1-5-6-7-8-9-10-11-18(22)21-20-17-14-12-16(13-15-17)19(2,3)4/h16H,5-15H2,1-4H3,(H,21,22). The Morgan fingerprint density at radius 1 is 1.09 bits per heavy atom. The second-order valence-electron chi connectivity index (χ2n) is 7.87. The highest BCUT2D eigenvalue weighted by atomic mass is 16.2. The van der Waals surface area contributed by atoms with Crippen molar-refractivity contribution in [2.75, 3.05) is 0 Å². The Labute approximate surface area is 137 Å². The number of amides is 1. The lowest BCUT2D eigenvalue weighted by molar-refractivity contribution is -0.121. The van der Waals surface area contributed by atoms with Crippen LogP contribution in [0.5, 0.6) is 0 Å². The van der Waals surface area contributed by atoms with Gasteiger partial charge in [-0.25, -0.2) is 5.43 Å². The molecule has 1 N–H and O–H groups in total. The number of nitrogens with one attached hydrogen (secondary N) is 1. The van der Waals surface area contributed by atoms with Crippen molar-refractivity contribution in [2.45, 2.75) is 98.3 Å². The SMILES string of the molecule is CCCCCCCCC(=O)NN=C1CCC(C(C)(C)C)CC1. The summed E-state index contributed by atoms with van der Waals surface area (Å²) in [5.74, 6) is 0.867. The van der Waals surface area contributed by atoms with Crippen LogP contribution >= 0.6 is 0 Å². The fraction of sp³-hybridized carbons (Fsp3) is 0.895. The Hall–Kier alpha value is -0.860. The van der Waals surface area contributed by atoms with Gasteiger partial charge < -0.3 is 0 Å². The molecule has 0 radical (unpaired) electrons. The molecule has 22 heavy (non-hydrogen) atoms. The third-order valence-electron chi connectivity index (χ3n) is 4.88. The maximum atomic E-state index is 11.8. The summed E-state index contributed by atoms with van der Waals surface area (Å²) in [4.78, 5) is 11.8. The minimum Gasteiger partial charge on any atom is -0.273 e. The maximum absolute atomic E-state index is 11.8. The number of unbranched alkanes of at least 4 members (excludes halogenated alkanes) is 5. The summed E-state index contributed by atoms with van der Waals surface area (Å²) in [6.07, 6.45) is 12.4. The predicted octanol–water partition coefficient (Wildman–Crippen LogP) is 5.45. The molecule has 128 valence electrons. The third kappa shape index (κ3) is 7.95. The van der Waals surface area contributed by atoms with E-state index in [-0.39, 0.29) is 5.91 Å². The molecule has 0 aromatic rings. The molecule has 0 unspecified atom stereocenters. The summed E-state index contributed by atoms with van der Waals surface area (Å²) >= 11 is 0. The van der Waals surface area contributed by atoms with Gasteiger partial charge in [-0.3, -0.25) is 4.79 Å². The van der Waals surface area contributed by atoms with Crippen molar-refractivity contribution in [3.8, 4) is 0 Å². The smallest absolute Gasteiger partial charge is 0.240 e. The molecule has 1 rings (SSSR count). The fourth-order valence-electron chi connectivity index (χ4n) is 3.19. The van der Waals surface area contributed by atoms with E-state index >= 15 is 0 Å². The molecule has 3 heteroatoms. The van der Waals surface area contributed by atoms with Crippen molar-refractivity contribution < 1.29 is 4.79 Å². The summed E-state index contributed by atoms with van der Waals surface area (Å²) in [5, 5.41) is 4.35. The lowest BCUT2D eigenvalue weighted by atomic mass is 9.72. The van der Waals surface area contributed by atoms with E-state index in [4.69, 9.17) is 0 Å². The van der Waals surface area contributed by atoms with Gasteiger partial charge in [0.2, 0.25) is 5.91 Å². The number of nitrogens with zero attached hydrogens (tertiary/aromatic N) is 1. The summed E-state index contributed by atoms with van der Waals surface area (Å²) in [5.41, 5.74) is 4.33. The summed E-state index contributed by atoms with van der Waals surface area (Å²) in [6.45, 7) is 9.19. The topological polar surface area (TPSA) is 41.5 Å². The van der Waals surface area contributed by atoms with Gasteiger partial charge in [-0.1, -0.05) is 59.8 Å². The van der Waals surface area contributed by atoms with E-state index in [9.17, 15) is 4.79 Å². The lowest BCUT2D eigenvalue weighted by Gasteiger charge is -2.34. The molecule has 0 heterocycles. The molecule has 0 bridgehead atoms. The van der Waals surface area contributed by atoms with E-state index in [0.717, 1.165) is 31.6 Å². The van der Waals surface area contributed by atoms with E-state index in [2.05, 4.69) is 38.2 Å². The average Bonchev–Trinajstić information content (AvgIpc) is 2.48. The van der Waals surface area contributed by atoms with Crippen LogP contribution in [-0.4, -0.2) is 11.6 Å². The van der Waals surface area contributed by atoms with E-state index < -0.39 is 0 Å². The number of hydrogen-bond donors (Lipinski definition) is 1. The Balaban J connectivity index is 2.13. The Bertz CT molecular complexity index is 345. The van der Waals surface area contributed by atoms with Gasteiger partial charge in [0.1, 0.15) is 0 Å². The number of carbonyl (C=O) groups is 1. The van der Waals surface area contributed by atoms with Crippen molar-refractivity contribution in [3.63, 3.8) is 0 Å². The normalized spacial score (nSPS) is 19.1. The molecule has 0 aromatic heterocycles. The second-order valence-corrected chi connectivity index (χ2v) is 7.87. The first kappa shape index (κ1) is 19.2. The maximum Gasteiger partial charge on any atom is 0.240 e. The van der Waals surface area contributed by atoms with Gasteiger partial charge in [0.25, 0.3) is 0 Å². The minimum atomic E-state index is 0.0842. The summed E-state index contributed by atoms with van der Waals surface area (Å²) < 4.78 is 0. The Morgan fingerprint density at radius 2 is 1.68 bits per heavy atom. The first-order chi connectivity index (χ1) is 10.4. The van der Waals surface area contributed by atoms with Crippen LogP contribution in [0, 0.1) is 11.3 Å². The monoisotopic (exact) mass is 308 g/mol.